The van der Waals surface area contributed by atoms with Crippen LogP contribution in [0, 0.1) is 0 Å². The number of anilines is 2. The molecule has 5 rings (SSSR count). The molecule has 1 aliphatic heterocycles. The molecule has 0 bridgehead atoms. The lowest BCUT2D eigenvalue weighted by atomic mass is 9.96. The Balaban J connectivity index is 1.22. The highest BCUT2D eigenvalue weighted by atomic mass is 32.2. The molecule has 2 atom stereocenters. The maximum atomic E-state index is 12.7. The third-order valence-electron chi connectivity index (χ3n) is 6.89. The van der Waals surface area contributed by atoms with E-state index in [1.165, 1.54) is 30.6 Å². The van der Waals surface area contributed by atoms with Crippen molar-refractivity contribution in [3.05, 3.63) is 36.9 Å². The van der Waals surface area contributed by atoms with Crippen molar-refractivity contribution in [3.8, 4) is 0 Å². The summed E-state index contributed by atoms with van der Waals surface area (Å²) in [5.41, 5.74) is 1.24. The van der Waals surface area contributed by atoms with Crippen molar-refractivity contribution < 1.29 is 22.7 Å². The number of nitrogens with zero attached hydrogens (tertiary/aromatic N) is 4. The molecule has 0 spiro atoms. The van der Waals surface area contributed by atoms with Crippen molar-refractivity contribution in [1.29, 1.82) is 0 Å². The first kappa shape index (κ1) is 27.0. The Hall–Kier alpha value is -3.62. The van der Waals surface area contributed by atoms with Crippen molar-refractivity contribution in [2.45, 2.75) is 75.1 Å². The van der Waals surface area contributed by atoms with Crippen LogP contribution in [0.3, 0.4) is 0 Å². The summed E-state index contributed by atoms with van der Waals surface area (Å²) in [4.78, 5) is 37.8. The van der Waals surface area contributed by atoms with Crippen LogP contribution in [0.25, 0.3) is 11.2 Å². The van der Waals surface area contributed by atoms with Gasteiger partial charge in [-0.3, -0.25) is 14.7 Å². The van der Waals surface area contributed by atoms with Crippen LogP contribution in [0.1, 0.15) is 58.1 Å². The number of rotatable bonds is 8. The summed E-state index contributed by atoms with van der Waals surface area (Å²) in [7, 11) is -3.63. The van der Waals surface area contributed by atoms with Gasteiger partial charge in [0.25, 0.3) is 0 Å². The van der Waals surface area contributed by atoms with E-state index < -0.39 is 28.4 Å². The van der Waals surface area contributed by atoms with E-state index in [2.05, 4.69) is 35.6 Å². The number of likely N-dealkylation sites (N-methyl/N-ethyl adjacent to an activating group) is 1. The molecule has 14 heteroatoms. The SMILES string of the molecule is CCNC(=O)[C@@H]1CC[C@H](n2cnc3c(NC(=O)Nc4ccc(S(=O)(=O)NC5CCCCC5)cc4)ncnc32)O1. The Morgan fingerprint density at radius 1 is 1.00 bits per heavy atom. The van der Waals surface area contributed by atoms with Crippen LogP contribution < -0.4 is 20.7 Å². The lowest BCUT2D eigenvalue weighted by Gasteiger charge is -2.22. The Bertz CT molecular complexity index is 1440. The van der Waals surface area contributed by atoms with E-state index in [4.69, 9.17) is 4.74 Å². The highest BCUT2D eigenvalue weighted by molar-refractivity contribution is 7.89. The molecule has 3 heterocycles. The summed E-state index contributed by atoms with van der Waals surface area (Å²) in [6, 6.07) is 5.36. The number of nitrogens with one attached hydrogen (secondary N) is 4. The number of hydrogen-bond donors (Lipinski definition) is 4. The first-order valence-corrected chi connectivity index (χ1v) is 14.6. The minimum atomic E-state index is -3.63. The fourth-order valence-electron chi connectivity index (χ4n) is 4.95. The first-order valence-electron chi connectivity index (χ1n) is 13.1. The minimum absolute atomic E-state index is 0.0391. The van der Waals surface area contributed by atoms with Gasteiger partial charge in [-0.15, -0.1) is 0 Å². The maximum absolute atomic E-state index is 12.7. The third kappa shape index (κ3) is 6.18. The predicted octanol–water partition coefficient (Wildman–Crippen LogP) is 2.89. The highest BCUT2D eigenvalue weighted by Gasteiger charge is 2.32. The zero-order valence-corrected chi connectivity index (χ0v) is 22.4. The average molecular weight is 557 g/mol. The number of ether oxygens (including phenoxy) is 1. The second kappa shape index (κ2) is 11.6. The van der Waals surface area contributed by atoms with Gasteiger partial charge in [-0.1, -0.05) is 19.3 Å². The molecule has 3 amide bonds. The van der Waals surface area contributed by atoms with Gasteiger partial charge in [-0.2, -0.15) is 0 Å². The molecule has 3 aromatic rings. The van der Waals surface area contributed by atoms with E-state index in [1.807, 2.05) is 6.92 Å². The Kier molecular flexibility index (Phi) is 8.04. The van der Waals surface area contributed by atoms with Crippen LogP contribution in [0.5, 0.6) is 0 Å². The number of fused-ring (bicyclic) bond motifs is 1. The molecule has 0 radical (unpaired) electrons. The van der Waals surface area contributed by atoms with Gasteiger partial charge in [0.05, 0.1) is 11.2 Å². The van der Waals surface area contributed by atoms with E-state index in [0.29, 0.717) is 36.2 Å². The predicted molar refractivity (Wildman–Crippen MR) is 143 cm³/mol. The summed E-state index contributed by atoms with van der Waals surface area (Å²) in [5, 5.41) is 8.11. The molecule has 39 heavy (non-hydrogen) atoms. The Morgan fingerprint density at radius 2 is 1.77 bits per heavy atom. The Labute approximate surface area is 226 Å². The third-order valence-corrected chi connectivity index (χ3v) is 8.43. The number of aromatic nitrogens is 4. The van der Waals surface area contributed by atoms with Gasteiger partial charge >= 0.3 is 6.03 Å². The lowest BCUT2D eigenvalue weighted by Crippen LogP contribution is -2.36. The lowest BCUT2D eigenvalue weighted by molar-refractivity contribution is -0.133. The van der Waals surface area contributed by atoms with E-state index >= 15 is 0 Å². The summed E-state index contributed by atoms with van der Waals surface area (Å²) in [6.45, 7) is 2.38. The van der Waals surface area contributed by atoms with Crippen LogP contribution in [-0.4, -0.2) is 58.6 Å². The second-order valence-corrected chi connectivity index (χ2v) is 11.4. The Morgan fingerprint density at radius 3 is 2.51 bits per heavy atom. The first-order chi connectivity index (χ1) is 18.8. The van der Waals surface area contributed by atoms with Crippen molar-refractivity contribution in [1.82, 2.24) is 29.6 Å². The van der Waals surface area contributed by atoms with Crippen LogP contribution >= 0.6 is 0 Å². The quantitative estimate of drug-likeness (QED) is 0.328. The van der Waals surface area contributed by atoms with Gasteiger partial charge in [0, 0.05) is 18.3 Å². The molecule has 4 N–H and O–H groups in total. The topological polar surface area (TPSA) is 169 Å². The molecule has 2 aliphatic rings. The van der Waals surface area contributed by atoms with E-state index in [-0.39, 0.29) is 22.7 Å². The van der Waals surface area contributed by atoms with E-state index in [1.54, 1.807) is 10.9 Å². The smallest absolute Gasteiger partial charge is 0.324 e. The summed E-state index contributed by atoms with van der Waals surface area (Å²) >= 11 is 0. The molecule has 1 saturated carbocycles. The number of sulfonamides is 1. The standard InChI is InChI=1S/C25H32N8O5S/c1-2-26-24(34)19-12-13-20(38-19)33-15-29-21-22(27-14-28-23(21)33)31-25(35)30-16-8-10-18(11-9-16)39(36,37)32-17-6-4-3-5-7-17/h8-11,14-15,17,19-20,32H,2-7,12-13H2,1H3,(H,26,34)(H2,27,28,30,31,35)/t19-,20+/m0/s1. The molecule has 2 fully saturated rings. The van der Waals surface area contributed by atoms with Crippen LogP contribution in [-0.2, 0) is 19.6 Å². The molecule has 2 aromatic heterocycles. The van der Waals surface area contributed by atoms with Gasteiger partial charge in [-0.25, -0.2) is 32.9 Å². The molecule has 1 saturated heterocycles. The largest absolute Gasteiger partial charge is 0.354 e. The normalized spacial score (nSPS) is 20.1. The van der Waals surface area contributed by atoms with Gasteiger partial charge in [-0.05, 0) is 56.9 Å². The summed E-state index contributed by atoms with van der Waals surface area (Å²) in [5.74, 6) is 0.0505. The van der Waals surface area contributed by atoms with Crippen molar-refractivity contribution >= 4 is 44.6 Å². The zero-order valence-electron chi connectivity index (χ0n) is 21.6. The monoisotopic (exact) mass is 556 g/mol. The van der Waals surface area contributed by atoms with Gasteiger partial charge in [0.2, 0.25) is 15.9 Å². The maximum Gasteiger partial charge on any atom is 0.324 e. The summed E-state index contributed by atoms with van der Waals surface area (Å²) < 4.78 is 35.8. The van der Waals surface area contributed by atoms with Gasteiger partial charge in [0.1, 0.15) is 18.7 Å². The molecule has 1 aromatic carbocycles. The van der Waals surface area contributed by atoms with Crippen LogP contribution in [0.2, 0.25) is 0 Å². The molecular weight excluding hydrogens is 524 g/mol. The summed E-state index contributed by atoms with van der Waals surface area (Å²) in [6.07, 6.45) is 7.97. The van der Waals surface area contributed by atoms with Crippen molar-refractivity contribution in [3.63, 3.8) is 0 Å². The number of carbonyl (C=O) groups is 2. The molecular formula is C25H32N8O5S. The average Bonchev–Trinajstić information content (AvgIpc) is 3.58. The van der Waals surface area contributed by atoms with E-state index in [9.17, 15) is 18.0 Å². The molecule has 0 unspecified atom stereocenters. The number of carbonyl (C=O) groups excluding carboxylic acids is 2. The van der Waals surface area contributed by atoms with Gasteiger partial charge in [0.15, 0.2) is 17.0 Å². The van der Waals surface area contributed by atoms with E-state index in [0.717, 1.165) is 32.1 Å². The van der Waals surface area contributed by atoms with Gasteiger partial charge < -0.3 is 15.4 Å². The minimum Gasteiger partial charge on any atom is -0.354 e. The van der Waals surface area contributed by atoms with Crippen molar-refractivity contribution in [2.24, 2.45) is 0 Å². The molecule has 208 valence electrons. The number of amides is 3. The van der Waals surface area contributed by atoms with Crippen LogP contribution in [0.4, 0.5) is 16.3 Å². The number of imidazole rings is 1. The number of benzene rings is 1. The van der Waals surface area contributed by atoms with Crippen molar-refractivity contribution in [2.75, 3.05) is 17.2 Å². The van der Waals surface area contributed by atoms with Crippen LogP contribution in [0.15, 0.2) is 41.8 Å². The highest BCUT2D eigenvalue weighted by Crippen LogP contribution is 2.31. The molecule has 1 aliphatic carbocycles. The molecule has 13 nitrogen and oxygen atoms in total. The fraction of sp³-hybridized carbons (Fsp3) is 0.480. The number of hydrogen-bond acceptors (Lipinski definition) is 8. The second-order valence-electron chi connectivity index (χ2n) is 9.66. The fourth-order valence-corrected chi connectivity index (χ4v) is 6.26. The number of urea groups is 1. The zero-order chi connectivity index (χ0) is 27.4.